The van der Waals surface area contributed by atoms with E-state index in [2.05, 4.69) is 4.72 Å². The molecular formula is C13H12F2N2O2S. The predicted octanol–water partition coefficient (Wildman–Crippen LogP) is 2.22. The van der Waals surface area contributed by atoms with Gasteiger partial charge in [-0.25, -0.2) is 17.2 Å². The van der Waals surface area contributed by atoms with Crippen LogP contribution in [0.3, 0.4) is 0 Å². The zero-order valence-electron chi connectivity index (χ0n) is 10.3. The number of nitrogens with two attached hydrogens (primary N) is 1. The van der Waals surface area contributed by atoms with Crippen LogP contribution in [0.4, 0.5) is 14.5 Å². The van der Waals surface area contributed by atoms with Gasteiger partial charge in [0.25, 0.3) is 10.0 Å². The predicted molar refractivity (Wildman–Crippen MR) is 71.5 cm³/mol. The van der Waals surface area contributed by atoms with Gasteiger partial charge in [-0.15, -0.1) is 0 Å². The third-order valence-electron chi connectivity index (χ3n) is 2.62. The van der Waals surface area contributed by atoms with Gasteiger partial charge in [0.2, 0.25) is 0 Å². The Balaban J connectivity index is 2.33. The van der Waals surface area contributed by atoms with Crippen molar-refractivity contribution in [3.05, 3.63) is 59.7 Å². The summed E-state index contributed by atoms with van der Waals surface area (Å²) in [5.74, 6) is -1.17. The Morgan fingerprint density at radius 1 is 1.10 bits per heavy atom. The summed E-state index contributed by atoms with van der Waals surface area (Å²) in [5.41, 5.74) is 5.70. The maximum Gasteiger partial charge on any atom is 0.261 e. The summed E-state index contributed by atoms with van der Waals surface area (Å²) in [6.07, 6.45) is 0. The van der Waals surface area contributed by atoms with Crippen LogP contribution in [-0.4, -0.2) is 8.42 Å². The fourth-order valence-electron chi connectivity index (χ4n) is 1.64. The molecule has 0 aliphatic rings. The first-order valence-electron chi connectivity index (χ1n) is 5.69. The van der Waals surface area contributed by atoms with Crippen LogP contribution in [0.5, 0.6) is 0 Å². The maximum atomic E-state index is 13.3. The molecule has 0 aliphatic heterocycles. The van der Waals surface area contributed by atoms with E-state index in [1.165, 1.54) is 24.3 Å². The average Bonchev–Trinajstić information content (AvgIpc) is 2.40. The average molecular weight is 298 g/mol. The van der Waals surface area contributed by atoms with E-state index in [0.717, 1.165) is 18.2 Å². The topological polar surface area (TPSA) is 72.2 Å². The fourth-order valence-corrected chi connectivity index (χ4v) is 2.72. The van der Waals surface area contributed by atoms with E-state index in [0.29, 0.717) is 0 Å². The van der Waals surface area contributed by atoms with E-state index in [-0.39, 0.29) is 22.7 Å². The minimum atomic E-state index is -3.93. The third-order valence-corrected chi connectivity index (χ3v) is 4.00. The fraction of sp³-hybridized carbons (Fsp3) is 0.0769. The number of hydrogen-bond acceptors (Lipinski definition) is 3. The number of halogens is 2. The molecule has 3 N–H and O–H groups in total. The van der Waals surface area contributed by atoms with E-state index in [1.54, 1.807) is 0 Å². The Morgan fingerprint density at radius 2 is 1.85 bits per heavy atom. The summed E-state index contributed by atoms with van der Waals surface area (Å²) in [7, 11) is -3.93. The minimum absolute atomic E-state index is 0.0542. The lowest BCUT2D eigenvalue weighted by molar-refractivity contribution is 0.595. The summed E-state index contributed by atoms with van der Waals surface area (Å²) >= 11 is 0. The van der Waals surface area contributed by atoms with E-state index in [9.17, 15) is 17.2 Å². The van der Waals surface area contributed by atoms with Gasteiger partial charge in [0.05, 0.1) is 4.90 Å². The first-order chi connectivity index (χ1) is 9.42. The van der Waals surface area contributed by atoms with Gasteiger partial charge in [-0.3, -0.25) is 4.72 Å². The van der Waals surface area contributed by atoms with Gasteiger partial charge < -0.3 is 5.73 Å². The smallest absolute Gasteiger partial charge is 0.261 e. The van der Waals surface area contributed by atoms with Crippen LogP contribution in [0.1, 0.15) is 5.56 Å². The number of hydrogen-bond donors (Lipinski definition) is 2. The second-order valence-corrected chi connectivity index (χ2v) is 5.76. The lowest BCUT2D eigenvalue weighted by Gasteiger charge is -2.09. The zero-order chi connectivity index (χ0) is 14.8. The van der Waals surface area contributed by atoms with Crippen molar-refractivity contribution < 1.29 is 17.2 Å². The number of rotatable bonds is 4. The highest BCUT2D eigenvalue weighted by molar-refractivity contribution is 7.92. The van der Waals surface area contributed by atoms with Gasteiger partial charge in [-0.1, -0.05) is 6.07 Å². The highest BCUT2D eigenvalue weighted by Crippen LogP contribution is 2.19. The third kappa shape index (κ3) is 3.12. The van der Waals surface area contributed by atoms with Crippen molar-refractivity contribution >= 4 is 15.7 Å². The largest absolute Gasteiger partial charge is 0.326 e. The van der Waals surface area contributed by atoms with Crippen LogP contribution in [0.25, 0.3) is 0 Å². The SMILES string of the molecule is NCc1cc(NS(=O)(=O)c2cccc(F)c2)ccc1F. The van der Waals surface area contributed by atoms with Gasteiger partial charge >= 0.3 is 0 Å². The molecule has 0 saturated carbocycles. The Hall–Kier alpha value is -1.99. The number of anilines is 1. The van der Waals surface area contributed by atoms with Crippen LogP contribution < -0.4 is 10.5 Å². The summed E-state index contributed by atoms with van der Waals surface area (Å²) < 4.78 is 52.6. The zero-order valence-corrected chi connectivity index (χ0v) is 11.1. The van der Waals surface area contributed by atoms with Crippen LogP contribution >= 0.6 is 0 Å². The van der Waals surface area contributed by atoms with Crippen molar-refractivity contribution in [1.82, 2.24) is 0 Å². The lowest BCUT2D eigenvalue weighted by Crippen LogP contribution is -2.13. The Kier molecular flexibility index (Phi) is 4.01. The summed E-state index contributed by atoms with van der Waals surface area (Å²) in [4.78, 5) is -0.212. The molecule has 20 heavy (non-hydrogen) atoms. The molecule has 0 spiro atoms. The first kappa shape index (κ1) is 14.4. The quantitative estimate of drug-likeness (QED) is 0.909. The van der Waals surface area contributed by atoms with E-state index in [1.807, 2.05) is 0 Å². The Morgan fingerprint density at radius 3 is 2.50 bits per heavy atom. The highest BCUT2D eigenvalue weighted by Gasteiger charge is 2.15. The molecule has 0 aromatic heterocycles. The number of benzene rings is 2. The van der Waals surface area contributed by atoms with Crippen molar-refractivity contribution in [2.45, 2.75) is 11.4 Å². The lowest BCUT2D eigenvalue weighted by atomic mass is 10.2. The van der Waals surface area contributed by atoms with Crippen molar-refractivity contribution in [2.24, 2.45) is 5.73 Å². The molecule has 0 atom stereocenters. The first-order valence-corrected chi connectivity index (χ1v) is 7.17. The van der Waals surface area contributed by atoms with Gasteiger partial charge in [0, 0.05) is 17.8 Å². The minimum Gasteiger partial charge on any atom is -0.326 e. The molecule has 2 rings (SSSR count). The van der Waals surface area contributed by atoms with Gasteiger partial charge in [0.1, 0.15) is 11.6 Å². The van der Waals surface area contributed by atoms with Gasteiger partial charge in [0.15, 0.2) is 0 Å². The van der Waals surface area contributed by atoms with Gasteiger partial charge in [-0.2, -0.15) is 0 Å². The Labute approximate surface area is 115 Å². The van der Waals surface area contributed by atoms with E-state index < -0.39 is 21.7 Å². The molecular weight excluding hydrogens is 286 g/mol. The molecule has 0 heterocycles. The van der Waals surface area contributed by atoms with Crippen LogP contribution in [-0.2, 0) is 16.6 Å². The second kappa shape index (κ2) is 5.56. The van der Waals surface area contributed by atoms with Crippen molar-refractivity contribution in [1.29, 1.82) is 0 Å². The van der Waals surface area contributed by atoms with Crippen LogP contribution in [0, 0.1) is 11.6 Å². The standard InChI is InChI=1S/C13H12F2N2O2S/c14-10-2-1-3-12(7-10)20(18,19)17-11-4-5-13(15)9(6-11)8-16/h1-7,17H,8,16H2. The summed E-state index contributed by atoms with van der Waals surface area (Å²) in [6.45, 7) is -0.0542. The van der Waals surface area contributed by atoms with Crippen molar-refractivity contribution in [3.8, 4) is 0 Å². The number of sulfonamides is 1. The number of nitrogens with one attached hydrogen (secondary N) is 1. The van der Waals surface area contributed by atoms with Crippen molar-refractivity contribution in [2.75, 3.05) is 4.72 Å². The molecule has 0 saturated heterocycles. The molecule has 0 unspecified atom stereocenters. The molecule has 106 valence electrons. The molecule has 4 nitrogen and oxygen atoms in total. The Bertz CT molecular complexity index is 733. The molecule has 0 bridgehead atoms. The van der Waals surface area contributed by atoms with Crippen LogP contribution in [0.2, 0.25) is 0 Å². The summed E-state index contributed by atoms with van der Waals surface area (Å²) in [6, 6.07) is 8.28. The molecule has 0 radical (unpaired) electrons. The molecule has 2 aromatic rings. The van der Waals surface area contributed by atoms with Crippen LogP contribution in [0.15, 0.2) is 47.4 Å². The normalized spacial score (nSPS) is 11.3. The molecule has 0 aliphatic carbocycles. The second-order valence-electron chi connectivity index (χ2n) is 4.07. The summed E-state index contributed by atoms with van der Waals surface area (Å²) in [5, 5.41) is 0. The monoisotopic (exact) mass is 298 g/mol. The van der Waals surface area contributed by atoms with E-state index in [4.69, 9.17) is 5.73 Å². The van der Waals surface area contributed by atoms with E-state index >= 15 is 0 Å². The molecule has 7 heteroatoms. The molecule has 0 amide bonds. The van der Waals surface area contributed by atoms with Crippen molar-refractivity contribution in [3.63, 3.8) is 0 Å². The molecule has 0 fully saturated rings. The molecule has 2 aromatic carbocycles. The highest BCUT2D eigenvalue weighted by atomic mass is 32.2. The van der Waals surface area contributed by atoms with Gasteiger partial charge in [-0.05, 0) is 36.4 Å². The maximum absolute atomic E-state index is 13.3.